The van der Waals surface area contributed by atoms with Gasteiger partial charge in [-0.25, -0.2) is 0 Å². The van der Waals surface area contributed by atoms with Crippen molar-refractivity contribution in [1.29, 1.82) is 0 Å². The number of hydrogen-bond donors (Lipinski definition) is 2. The smallest absolute Gasteiger partial charge is 0.491 e. The van der Waals surface area contributed by atoms with E-state index >= 15 is 0 Å². The van der Waals surface area contributed by atoms with Gasteiger partial charge in [-0.05, 0) is 11.6 Å². The summed E-state index contributed by atoms with van der Waals surface area (Å²) in [6.07, 6.45) is 0.235. The fraction of sp³-hybridized carbons (Fsp3) is 0.417. The maximum atomic E-state index is 10.4. The molecule has 0 saturated heterocycles. The first-order chi connectivity index (χ1) is 9.33. The van der Waals surface area contributed by atoms with E-state index in [1.165, 1.54) is 0 Å². The summed E-state index contributed by atoms with van der Waals surface area (Å²) in [4.78, 5) is 10.4. The average Bonchev–Trinajstić information content (AvgIpc) is 2.69. The van der Waals surface area contributed by atoms with E-state index in [0.29, 0.717) is 26.1 Å². The van der Waals surface area contributed by atoms with Gasteiger partial charge in [-0.2, -0.15) is 0 Å². The van der Waals surface area contributed by atoms with Crippen LogP contribution in [0.2, 0.25) is 0 Å². The van der Waals surface area contributed by atoms with Crippen molar-refractivity contribution >= 4 is 31.4 Å². The van der Waals surface area contributed by atoms with Crippen molar-refractivity contribution in [3.05, 3.63) is 23.8 Å². The number of hydrogen-bond acceptors (Lipinski definition) is 5. The first kappa shape index (κ1) is 15.1. The van der Waals surface area contributed by atoms with Gasteiger partial charge in [0.05, 0.1) is 12.2 Å². The van der Waals surface area contributed by atoms with E-state index in [4.69, 9.17) is 19.8 Å². The zero-order valence-corrected chi connectivity index (χ0v) is 11.6. The number of carbonyl (C=O) groups is 1. The van der Waals surface area contributed by atoms with Crippen LogP contribution < -0.4 is 21.3 Å². The minimum atomic E-state index is -0.472. The zero-order chi connectivity index (χ0) is 13.2. The van der Waals surface area contributed by atoms with Crippen molar-refractivity contribution in [3.63, 3.8) is 0 Å². The van der Waals surface area contributed by atoms with Crippen molar-refractivity contribution in [2.24, 2.45) is 5.73 Å². The molecule has 8 heteroatoms. The molecule has 3 N–H and O–H groups in total. The Labute approximate surface area is 123 Å². The number of benzene rings is 1. The van der Waals surface area contributed by atoms with Crippen LogP contribution in [0.15, 0.2) is 18.2 Å². The fourth-order valence-corrected chi connectivity index (χ4v) is 2.48. The van der Waals surface area contributed by atoms with Gasteiger partial charge >= 0.3 is 7.12 Å². The molecule has 0 bridgehead atoms. The maximum Gasteiger partial charge on any atom is 0.498 e. The topological polar surface area (TPSA) is 82.8 Å². The second-order valence-corrected chi connectivity index (χ2v) is 4.55. The van der Waals surface area contributed by atoms with E-state index in [1.54, 1.807) is 0 Å². The molecule has 1 aromatic rings. The van der Waals surface area contributed by atoms with Crippen LogP contribution in [0.4, 0.5) is 0 Å². The lowest BCUT2D eigenvalue weighted by molar-refractivity contribution is -0.110. The lowest BCUT2D eigenvalue weighted by atomic mass is 9.77. The first-order valence-electron chi connectivity index (χ1n) is 6.27. The van der Waals surface area contributed by atoms with Crippen LogP contribution >= 0.6 is 12.4 Å². The van der Waals surface area contributed by atoms with Gasteiger partial charge in [0.2, 0.25) is 6.41 Å². The summed E-state index contributed by atoms with van der Waals surface area (Å²) in [5, 5.41) is 2.59. The molecule has 2 heterocycles. The molecule has 1 aromatic carbocycles. The molecule has 20 heavy (non-hydrogen) atoms. The van der Waals surface area contributed by atoms with Gasteiger partial charge in [0.1, 0.15) is 12.4 Å². The van der Waals surface area contributed by atoms with E-state index < -0.39 is 7.12 Å². The van der Waals surface area contributed by atoms with Crippen LogP contribution in [-0.2, 0) is 14.1 Å². The lowest BCUT2D eigenvalue weighted by Gasteiger charge is -2.18. The van der Waals surface area contributed by atoms with Gasteiger partial charge in [0, 0.05) is 18.6 Å². The van der Waals surface area contributed by atoms with Crippen LogP contribution in [0, 0.1) is 0 Å². The normalized spacial score (nSPS) is 23.1. The molecule has 0 aromatic heterocycles. The van der Waals surface area contributed by atoms with Crippen molar-refractivity contribution < 1.29 is 18.8 Å². The highest BCUT2D eigenvalue weighted by molar-refractivity contribution is 6.64. The SMILES string of the molecule is Cl.NCC1OB2O[C@H](CNC=O)COc3cccc1c32. The number of rotatable bonds is 4. The molecule has 6 nitrogen and oxygen atoms in total. The molecule has 2 atom stereocenters. The summed E-state index contributed by atoms with van der Waals surface area (Å²) in [7, 11) is -0.472. The van der Waals surface area contributed by atoms with Crippen molar-refractivity contribution in [3.8, 4) is 5.75 Å². The third kappa shape index (κ3) is 2.62. The second-order valence-electron chi connectivity index (χ2n) is 4.55. The van der Waals surface area contributed by atoms with Gasteiger partial charge in [0.15, 0.2) is 0 Å². The van der Waals surface area contributed by atoms with Gasteiger partial charge in [-0.3, -0.25) is 4.79 Å². The van der Waals surface area contributed by atoms with Crippen LogP contribution in [0.1, 0.15) is 11.7 Å². The van der Waals surface area contributed by atoms with Crippen LogP contribution in [0.5, 0.6) is 5.75 Å². The molecule has 0 radical (unpaired) electrons. The Balaban J connectivity index is 0.00000147. The number of amides is 1. The van der Waals surface area contributed by atoms with Crippen LogP contribution in [-0.4, -0.2) is 39.3 Å². The number of halogens is 1. The second kappa shape index (κ2) is 6.45. The zero-order valence-electron chi connectivity index (χ0n) is 10.8. The van der Waals surface area contributed by atoms with Crippen molar-refractivity contribution in [2.45, 2.75) is 12.2 Å². The van der Waals surface area contributed by atoms with Crippen LogP contribution in [0.3, 0.4) is 0 Å². The minimum absolute atomic E-state index is 0. The van der Waals surface area contributed by atoms with Crippen LogP contribution in [0.25, 0.3) is 0 Å². The summed E-state index contributed by atoms with van der Waals surface area (Å²) < 4.78 is 17.4. The molecule has 0 aliphatic carbocycles. The molecule has 0 saturated carbocycles. The lowest BCUT2D eigenvalue weighted by Crippen LogP contribution is -2.39. The molecular formula is C12H16BClN2O4. The predicted molar refractivity (Wildman–Crippen MR) is 76.4 cm³/mol. The molecule has 3 rings (SSSR count). The molecule has 2 aliphatic rings. The molecule has 2 aliphatic heterocycles. The molecule has 0 fully saturated rings. The molecule has 0 spiro atoms. The predicted octanol–water partition coefficient (Wildman–Crippen LogP) is -0.643. The Hall–Kier alpha value is -1.28. The van der Waals surface area contributed by atoms with Crippen molar-refractivity contribution in [1.82, 2.24) is 5.32 Å². The highest BCUT2D eigenvalue weighted by atomic mass is 35.5. The quantitative estimate of drug-likeness (QED) is 0.570. The Bertz CT molecular complexity index is 491. The molecule has 108 valence electrons. The Kier molecular flexibility index (Phi) is 4.88. The van der Waals surface area contributed by atoms with E-state index in [9.17, 15) is 4.79 Å². The Morgan fingerprint density at radius 1 is 1.45 bits per heavy atom. The minimum Gasteiger partial charge on any atom is -0.491 e. The number of nitrogens with one attached hydrogen (secondary N) is 1. The van der Waals surface area contributed by atoms with E-state index in [0.717, 1.165) is 16.8 Å². The fourth-order valence-electron chi connectivity index (χ4n) is 2.48. The van der Waals surface area contributed by atoms with Gasteiger partial charge in [-0.1, -0.05) is 12.1 Å². The standard InChI is InChI=1S/C12H15BN2O4.ClH/c14-4-11-9-2-1-3-10-12(9)13(19-11)18-8(6-17-10)5-15-7-16;/h1-3,7-8,11H,4-6,14H2,(H,15,16);1H/t8-,11?;/m1./s1. The third-order valence-corrected chi connectivity index (χ3v) is 3.35. The monoisotopic (exact) mass is 298 g/mol. The highest BCUT2D eigenvalue weighted by Crippen LogP contribution is 2.30. The van der Waals surface area contributed by atoms with Crippen molar-refractivity contribution in [2.75, 3.05) is 19.7 Å². The summed E-state index contributed by atoms with van der Waals surface area (Å²) in [6.45, 7) is 1.16. The molecular weight excluding hydrogens is 282 g/mol. The number of ether oxygens (including phenoxy) is 1. The largest absolute Gasteiger partial charge is 0.498 e. The van der Waals surface area contributed by atoms with Gasteiger partial charge < -0.3 is 25.1 Å². The summed E-state index contributed by atoms with van der Waals surface area (Å²) in [5.41, 5.74) is 7.65. The highest BCUT2D eigenvalue weighted by Gasteiger charge is 2.42. The summed E-state index contributed by atoms with van der Waals surface area (Å²) >= 11 is 0. The third-order valence-electron chi connectivity index (χ3n) is 3.35. The Morgan fingerprint density at radius 3 is 3.05 bits per heavy atom. The molecule has 1 unspecified atom stereocenters. The maximum absolute atomic E-state index is 10.4. The molecule has 1 amide bonds. The average molecular weight is 299 g/mol. The summed E-state index contributed by atoms with van der Waals surface area (Å²) in [6, 6.07) is 5.80. The number of nitrogens with two attached hydrogens (primary N) is 1. The first-order valence-corrected chi connectivity index (χ1v) is 6.27. The summed E-state index contributed by atoms with van der Waals surface area (Å²) in [5.74, 6) is 0.770. The number of carbonyl (C=O) groups excluding carboxylic acids is 1. The van der Waals surface area contributed by atoms with Gasteiger partial charge in [-0.15, -0.1) is 12.4 Å². The van der Waals surface area contributed by atoms with E-state index in [-0.39, 0.29) is 24.6 Å². The Morgan fingerprint density at radius 2 is 2.30 bits per heavy atom. The van der Waals surface area contributed by atoms with E-state index in [2.05, 4.69) is 5.32 Å². The van der Waals surface area contributed by atoms with E-state index in [1.807, 2.05) is 18.2 Å². The van der Waals surface area contributed by atoms with Gasteiger partial charge in [0.25, 0.3) is 0 Å².